The second kappa shape index (κ2) is 8.64. The minimum absolute atomic E-state index is 0.292. The lowest BCUT2D eigenvalue weighted by Crippen LogP contribution is -2.41. The van der Waals surface area contributed by atoms with Crippen LogP contribution < -0.4 is 0 Å². The molecule has 0 bridgehead atoms. The van der Waals surface area contributed by atoms with Crippen LogP contribution in [0.3, 0.4) is 0 Å². The molecule has 1 saturated heterocycles. The molecule has 1 unspecified atom stereocenters. The van der Waals surface area contributed by atoms with E-state index in [4.69, 9.17) is 4.74 Å². The first-order valence-corrected chi connectivity index (χ1v) is 12.3. The highest BCUT2D eigenvalue weighted by Crippen LogP contribution is 2.25. The lowest BCUT2D eigenvalue weighted by Gasteiger charge is -2.20. The molecule has 162 valence electrons. The van der Waals surface area contributed by atoms with Crippen molar-refractivity contribution in [3.05, 3.63) is 51.3 Å². The molecule has 7 nitrogen and oxygen atoms in total. The molecule has 0 spiro atoms. The van der Waals surface area contributed by atoms with Gasteiger partial charge in [-0.1, -0.05) is 15.9 Å². The van der Waals surface area contributed by atoms with Crippen LogP contribution in [-0.4, -0.2) is 54.5 Å². The number of esters is 1. The van der Waals surface area contributed by atoms with Crippen molar-refractivity contribution in [3.8, 4) is 5.69 Å². The number of Topliss-reactive ketones (excluding diaryl/α,β-unsaturated/α-hetero) is 1. The maximum absolute atomic E-state index is 12.8. The molecule has 1 atom stereocenters. The van der Waals surface area contributed by atoms with Crippen LogP contribution in [0.2, 0.25) is 0 Å². The van der Waals surface area contributed by atoms with E-state index in [0.29, 0.717) is 24.9 Å². The van der Waals surface area contributed by atoms with E-state index < -0.39 is 28.6 Å². The molecule has 1 aromatic heterocycles. The van der Waals surface area contributed by atoms with Crippen molar-refractivity contribution < 1.29 is 22.7 Å². The van der Waals surface area contributed by atoms with Gasteiger partial charge in [0.25, 0.3) is 0 Å². The van der Waals surface area contributed by atoms with Gasteiger partial charge in [-0.25, -0.2) is 8.42 Å². The van der Waals surface area contributed by atoms with Gasteiger partial charge in [-0.3, -0.25) is 9.59 Å². The Bertz CT molecular complexity index is 1110. The number of nitrogens with zero attached hydrogens (tertiary/aromatic N) is 2. The summed E-state index contributed by atoms with van der Waals surface area (Å²) in [4.78, 5) is 25.1. The van der Waals surface area contributed by atoms with Crippen molar-refractivity contribution in [2.45, 2.75) is 39.7 Å². The molecule has 2 aromatic rings. The van der Waals surface area contributed by atoms with Crippen molar-refractivity contribution in [2.24, 2.45) is 0 Å². The third kappa shape index (κ3) is 4.53. The van der Waals surface area contributed by atoms with Crippen LogP contribution in [0.15, 0.2) is 28.7 Å². The van der Waals surface area contributed by atoms with E-state index in [0.717, 1.165) is 37.7 Å². The lowest BCUT2D eigenvalue weighted by atomic mass is 10.1. The second-order valence-electron chi connectivity index (χ2n) is 7.62. The highest BCUT2D eigenvalue weighted by atomic mass is 79.9. The smallest absolute Gasteiger partial charge is 0.324 e. The number of ether oxygens (including phenoxy) is 1. The van der Waals surface area contributed by atoms with Gasteiger partial charge in [0.15, 0.2) is 6.61 Å². The Labute approximate surface area is 185 Å². The molecule has 9 heteroatoms. The number of aromatic nitrogens is 1. The molecule has 3 rings (SSSR count). The van der Waals surface area contributed by atoms with E-state index in [9.17, 15) is 18.0 Å². The zero-order chi connectivity index (χ0) is 22.2. The summed E-state index contributed by atoms with van der Waals surface area (Å²) in [6.07, 6.45) is 2.06. The van der Waals surface area contributed by atoms with Crippen LogP contribution in [0.1, 0.15) is 40.2 Å². The van der Waals surface area contributed by atoms with Crippen LogP contribution in [0, 0.1) is 20.8 Å². The monoisotopic (exact) mass is 496 g/mol. The molecule has 1 aliphatic heterocycles. The van der Waals surface area contributed by atoms with Crippen LogP contribution in [0.5, 0.6) is 0 Å². The van der Waals surface area contributed by atoms with Gasteiger partial charge in [-0.15, -0.1) is 0 Å². The van der Waals surface area contributed by atoms with E-state index in [1.54, 1.807) is 6.07 Å². The Hall–Kier alpha value is -1.97. The summed E-state index contributed by atoms with van der Waals surface area (Å²) in [6, 6.07) is 6.87. The Kier molecular flexibility index (Phi) is 6.54. The van der Waals surface area contributed by atoms with Crippen molar-refractivity contribution in [2.75, 3.05) is 19.4 Å². The summed E-state index contributed by atoms with van der Waals surface area (Å²) in [5, 5.41) is 0. The van der Waals surface area contributed by atoms with E-state index in [-0.39, 0.29) is 5.78 Å². The standard InChI is InChI=1S/C21H25BrN2O5S/c1-13-10-16(7-8-18(13)22)24-14(2)11-17(15(24)3)20(25)12-29-21(26)19-6-5-9-23(19)30(4,27)28/h7-8,10-11,19H,5-6,9,12H2,1-4H3. The first kappa shape index (κ1) is 22.7. The van der Waals surface area contributed by atoms with Gasteiger partial charge in [-0.05, 0) is 63.4 Å². The minimum atomic E-state index is -3.49. The van der Waals surface area contributed by atoms with Gasteiger partial charge in [-0.2, -0.15) is 4.31 Å². The maximum atomic E-state index is 12.8. The fourth-order valence-corrected chi connectivity index (χ4v) is 5.25. The Morgan fingerprint density at radius 2 is 1.90 bits per heavy atom. The average Bonchev–Trinajstić information content (AvgIpc) is 3.27. The van der Waals surface area contributed by atoms with E-state index >= 15 is 0 Å². The third-order valence-corrected chi connectivity index (χ3v) is 7.56. The fourth-order valence-electron chi connectivity index (χ4n) is 3.89. The number of hydrogen-bond donors (Lipinski definition) is 0. The minimum Gasteiger partial charge on any atom is -0.456 e. The van der Waals surface area contributed by atoms with Crippen molar-refractivity contribution in [1.29, 1.82) is 0 Å². The maximum Gasteiger partial charge on any atom is 0.324 e. The topological polar surface area (TPSA) is 85.7 Å². The van der Waals surface area contributed by atoms with E-state index in [1.165, 1.54) is 0 Å². The molecule has 30 heavy (non-hydrogen) atoms. The number of halogens is 1. The van der Waals surface area contributed by atoms with Crippen LogP contribution in [0.25, 0.3) is 5.69 Å². The fraction of sp³-hybridized carbons (Fsp3) is 0.429. The molecular weight excluding hydrogens is 472 g/mol. The summed E-state index contributed by atoms with van der Waals surface area (Å²) in [5.74, 6) is -0.996. The number of ketones is 1. The Balaban J connectivity index is 1.75. The summed E-state index contributed by atoms with van der Waals surface area (Å²) < 4.78 is 33.0. The normalized spacial score (nSPS) is 17.3. The lowest BCUT2D eigenvalue weighted by molar-refractivity contribution is -0.146. The number of benzene rings is 1. The zero-order valence-corrected chi connectivity index (χ0v) is 19.8. The molecule has 2 heterocycles. The molecule has 1 aliphatic rings. The van der Waals surface area contributed by atoms with Crippen molar-refractivity contribution >= 4 is 37.7 Å². The van der Waals surface area contributed by atoms with E-state index in [1.807, 2.05) is 43.5 Å². The molecule has 0 saturated carbocycles. The van der Waals surface area contributed by atoms with Gasteiger partial charge in [0.1, 0.15) is 6.04 Å². The highest BCUT2D eigenvalue weighted by molar-refractivity contribution is 9.10. The van der Waals surface area contributed by atoms with Crippen molar-refractivity contribution in [1.82, 2.24) is 8.87 Å². The third-order valence-electron chi connectivity index (χ3n) is 5.38. The number of hydrogen-bond acceptors (Lipinski definition) is 5. The zero-order valence-electron chi connectivity index (χ0n) is 17.4. The predicted molar refractivity (Wildman–Crippen MR) is 118 cm³/mol. The number of carbonyl (C=O) groups excluding carboxylic acids is 2. The molecule has 1 aromatic carbocycles. The number of carbonyl (C=O) groups is 2. The predicted octanol–water partition coefficient (Wildman–Crippen LogP) is 3.31. The number of rotatable bonds is 6. The molecule has 0 N–H and O–H groups in total. The van der Waals surface area contributed by atoms with Gasteiger partial charge < -0.3 is 9.30 Å². The van der Waals surface area contributed by atoms with Crippen LogP contribution in [0.4, 0.5) is 0 Å². The molecule has 0 radical (unpaired) electrons. The quantitative estimate of drug-likeness (QED) is 0.452. The SMILES string of the molecule is Cc1cc(-n2c(C)cc(C(=O)COC(=O)C3CCCN3S(C)(=O)=O)c2C)ccc1Br. The van der Waals surface area contributed by atoms with E-state index in [2.05, 4.69) is 15.9 Å². The Morgan fingerprint density at radius 3 is 2.53 bits per heavy atom. The second-order valence-corrected chi connectivity index (χ2v) is 10.4. The molecule has 0 amide bonds. The largest absolute Gasteiger partial charge is 0.456 e. The summed E-state index contributed by atoms with van der Waals surface area (Å²) in [5.41, 5.74) is 4.15. The van der Waals surface area contributed by atoms with Crippen molar-refractivity contribution in [3.63, 3.8) is 0 Å². The molecular formula is C21H25BrN2O5S. The highest BCUT2D eigenvalue weighted by Gasteiger charge is 2.37. The molecule has 1 fully saturated rings. The molecule has 0 aliphatic carbocycles. The first-order valence-electron chi connectivity index (χ1n) is 9.63. The first-order chi connectivity index (χ1) is 14.0. The van der Waals surface area contributed by atoms with Gasteiger partial charge in [0, 0.05) is 33.7 Å². The van der Waals surface area contributed by atoms with Crippen LogP contribution >= 0.6 is 15.9 Å². The number of aryl methyl sites for hydroxylation is 2. The summed E-state index contributed by atoms with van der Waals surface area (Å²) in [7, 11) is -3.49. The van der Waals surface area contributed by atoms with Crippen LogP contribution in [-0.2, 0) is 19.6 Å². The number of sulfonamides is 1. The average molecular weight is 497 g/mol. The summed E-state index contributed by atoms with van der Waals surface area (Å²) >= 11 is 3.49. The van der Waals surface area contributed by atoms with Gasteiger partial charge >= 0.3 is 5.97 Å². The Morgan fingerprint density at radius 1 is 1.20 bits per heavy atom. The van der Waals surface area contributed by atoms with Gasteiger partial charge in [0.05, 0.1) is 6.26 Å². The summed E-state index contributed by atoms with van der Waals surface area (Å²) in [6.45, 7) is 5.63. The van der Waals surface area contributed by atoms with Gasteiger partial charge in [0.2, 0.25) is 15.8 Å².